The number of nitrogens with zero attached hydrogens (tertiary/aromatic N) is 2. The Morgan fingerprint density at radius 3 is 2.64 bits per heavy atom. The van der Waals surface area contributed by atoms with Gasteiger partial charge in [0.05, 0.1) is 18.8 Å². The van der Waals surface area contributed by atoms with Crippen LogP contribution in [0.4, 0.5) is 0 Å². The molecule has 0 radical (unpaired) electrons. The van der Waals surface area contributed by atoms with Gasteiger partial charge in [0.1, 0.15) is 12.2 Å². The first-order valence-electron chi connectivity index (χ1n) is 8.00. The minimum Gasteiger partial charge on any atom is -0.394 e. The average molecular weight is 306 g/mol. The van der Waals surface area contributed by atoms with E-state index in [0.717, 1.165) is 26.1 Å². The van der Waals surface area contributed by atoms with Gasteiger partial charge in [-0.1, -0.05) is 24.3 Å². The molecule has 0 amide bonds. The first kappa shape index (κ1) is 15.9. The molecule has 1 saturated heterocycles. The highest BCUT2D eigenvalue weighted by Gasteiger charge is 2.46. The summed E-state index contributed by atoms with van der Waals surface area (Å²) in [6.45, 7) is 2.37. The van der Waals surface area contributed by atoms with Crippen molar-refractivity contribution in [1.29, 1.82) is 0 Å². The van der Waals surface area contributed by atoms with E-state index in [1.54, 1.807) is 0 Å². The summed E-state index contributed by atoms with van der Waals surface area (Å²) in [6, 6.07) is 8.43. The van der Waals surface area contributed by atoms with Gasteiger partial charge in [-0.15, -0.1) is 0 Å². The zero-order valence-corrected chi connectivity index (χ0v) is 13.4. The summed E-state index contributed by atoms with van der Waals surface area (Å²) in [7, 11) is 4.01. The Morgan fingerprint density at radius 1 is 1.23 bits per heavy atom. The quantitative estimate of drug-likeness (QED) is 0.826. The molecule has 3 rings (SSSR count). The number of benzene rings is 1. The number of hydrogen-bond acceptors (Lipinski definition) is 5. The predicted octanol–water partition coefficient (Wildman–Crippen LogP) is 0.0955. The molecule has 4 atom stereocenters. The molecule has 22 heavy (non-hydrogen) atoms. The fourth-order valence-electron chi connectivity index (χ4n) is 3.71. The largest absolute Gasteiger partial charge is 0.394 e. The second-order valence-corrected chi connectivity index (χ2v) is 6.63. The molecule has 5 nitrogen and oxygen atoms in total. The lowest BCUT2D eigenvalue weighted by Gasteiger charge is -2.37. The summed E-state index contributed by atoms with van der Waals surface area (Å²) in [4.78, 5) is 4.39. The summed E-state index contributed by atoms with van der Waals surface area (Å²) in [6.07, 6.45) is -0.197. The summed E-state index contributed by atoms with van der Waals surface area (Å²) >= 11 is 0. The Labute approximate surface area is 132 Å². The van der Waals surface area contributed by atoms with Crippen LogP contribution in [0, 0.1) is 0 Å². The second kappa shape index (κ2) is 6.64. The van der Waals surface area contributed by atoms with Crippen molar-refractivity contribution in [3.05, 3.63) is 35.4 Å². The van der Waals surface area contributed by atoms with E-state index in [2.05, 4.69) is 34.1 Å². The van der Waals surface area contributed by atoms with Crippen LogP contribution in [0.2, 0.25) is 0 Å². The molecule has 0 aliphatic carbocycles. The van der Waals surface area contributed by atoms with Gasteiger partial charge < -0.3 is 19.8 Å². The standard InChI is InChI=1S/C17H26N2O3/c1-18(2)10-14-16(17(21)15(11-20)22-14)19-8-7-12-5-3-4-6-13(12)9-19/h3-6,14-17,20-21H,7-11H2,1-2H3/t14-,15+,16+,17-/m1/s1. The lowest BCUT2D eigenvalue weighted by molar-refractivity contribution is -0.0275. The lowest BCUT2D eigenvalue weighted by atomic mass is 9.95. The van der Waals surface area contributed by atoms with Gasteiger partial charge in [-0.3, -0.25) is 4.90 Å². The van der Waals surface area contributed by atoms with Gasteiger partial charge >= 0.3 is 0 Å². The molecule has 0 unspecified atom stereocenters. The minimum absolute atomic E-state index is 0.0621. The summed E-state index contributed by atoms with van der Waals surface area (Å²) < 4.78 is 5.90. The van der Waals surface area contributed by atoms with Crippen LogP contribution in [0.25, 0.3) is 0 Å². The molecule has 2 aliphatic rings. The van der Waals surface area contributed by atoms with Crippen LogP contribution in [0.5, 0.6) is 0 Å². The molecule has 5 heteroatoms. The first-order chi connectivity index (χ1) is 10.6. The van der Waals surface area contributed by atoms with E-state index in [9.17, 15) is 10.2 Å². The summed E-state index contributed by atoms with van der Waals surface area (Å²) in [5.74, 6) is 0. The third-order valence-electron chi connectivity index (χ3n) is 4.77. The Bertz CT molecular complexity index is 508. The minimum atomic E-state index is -0.639. The molecular formula is C17H26N2O3. The van der Waals surface area contributed by atoms with Gasteiger partial charge in [-0.25, -0.2) is 0 Å². The first-order valence-corrected chi connectivity index (χ1v) is 8.00. The molecule has 1 aromatic rings. The van der Waals surface area contributed by atoms with Gasteiger partial charge in [0.25, 0.3) is 0 Å². The van der Waals surface area contributed by atoms with Crippen molar-refractivity contribution < 1.29 is 14.9 Å². The van der Waals surface area contributed by atoms with Crippen LogP contribution in [-0.2, 0) is 17.7 Å². The van der Waals surface area contributed by atoms with Gasteiger partial charge in [0.2, 0.25) is 0 Å². The maximum atomic E-state index is 10.6. The van der Waals surface area contributed by atoms with Crippen LogP contribution < -0.4 is 0 Å². The van der Waals surface area contributed by atoms with Crippen molar-refractivity contribution >= 4 is 0 Å². The Balaban J connectivity index is 1.79. The molecule has 122 valence electrons. The topological polar surface area (TPSA) is 56.2 Å². The van der Waals surface area contributed by atoms with E-state index >= 15 is 0 Å². The van der Waals surface area contributed by atoms with Crippen LogP contribution in [0.1, 0.15) is 11.1 Å². The van der Waals surface area contributed by atoms with Gasteiger partial charge in [0.15, 0.2) is 0 Å². The molecule has 2 N–H and O–H groups in total. The molecular weight excluding hydrogens is 280 g/mol. The highest BCUT2D eigenvalue weighted by molar-refractivity contribution is 5.29. The average Bonchev–Trinajstić information content (AvgIpc) is 2.81. The van der Waals surface area contributed by atoms with Crippen LogP contribution in [0.15, 0.2) is 24.3 Å². The van der Waals surface area contributed by atoms with E-state index in [4.69, 9.17) is 4.74 Å². The Morgan fingerprint density at radius 2 is 1.95 bits per heavy atom. The Kier molecular flexibility index (Phi) is 4.80. The molecule has 1 aromatic carbocycles. The molecule has 2 aliphatic heterocycles. The second-order valence-electron chi connectivity index (χ2n) is 6.63. The number of fused-ring (bicyclic) bond motifs is 1. The number of aliphatic hydroxyl groups is 2. The fourth-order valence-corrected chi connectivity index (χ4v) is 3.71. The van der Waals surface area contributed by atoms with Crippen molar-refractivity contribution in [1.82, 2.24) is 9.80 Å². The van der Waals surface area contributed by atoms with Crippen molar-refractivity contribution in [2.45, 2.75) is 37.3 Å². The number of ether oxygens (including phenoxy) is 1. The van der Waals surface area contributed by atoms with E-state index in [1.165, 1.54) is 11.1 Å². The van der Waals surface area contributed by atoms with Crippen LogP contribution >= 0.6 is 0 Å². The highest BCUT2D eigenvalue weighted by atomic mass is 16.5. The monoisotopic (exact) mass is 306 g/mol. The zero-order valence-electron chi connectivity index (χ0n) is 13.4. The van der Waals surface area contributed by atoms with Crippen molar-refractivity contribution in [3.8, 4) is 0 Å². The summed E-state index contributed by atoms with van der Waals surface area (Å²) in [5, 5.41) is 20.0. The summed E-state index contributed by atoms with van der Waals surface area (Å²) in [5.41, 5.74) is 2.73. The van der Waals surface area contributed by atoms with Crippen LogP contribution in [-0.4, -0.2) is 78.2 Å². The Hall–Kier alpha value is -0.980. The molecule has 0 saturated carbocycles. The third kappa shape index (κ3) is 3.05. The van der Waals surface area contributed by atoms with E-state index in [1.807, 2.05) is 14.1 Å². The highest BCUT2D eigenvalue weighted by Crippen LogP contribution is 2.30. The predicted molar refractivity (Wildman–Crippen MR) is 84.7 cm³/mol. The van der Waals surface area contributed by atoms with Crippen LogP contribution in [0.3, 0.4) is 0 Å². The van der Waals surface area contributed by atoms with E-state index in [0.29, 0.717) is 0 Å². The lowest BCUT2D eigenvalue weighted by Crippen LogP contribution is -2.52. The van der Waals surface area contributed by atoms with Crippen molar-refractivity contribution in [3.63, 3.8) is 0 Å². The van der Waals surface area contributed by atoms with E-state index in [-0.39, 0.29) is 18.8 Å². The van der Waals surface area contributed by atoms with Crippen molar-refractivity contribution in [2.24, 2.45) is 0 Å². The maximum Gasteiger partial charge on any atom is 0.109 e. The normalized spacial score (nSPS) is 32.4. The van der Waals surface area contributed by atoms with Gasteiger partial charge in [-0.05, 0) is 31.6 Å². The molecule has 1 fully saturated rings. The number of rotatable bonds is 4. The fraction of sp³-hybridized carbons (Fsp3) is 0.647. The molecule has 2 heterocycles. The maximum absolute atomic E-state index is 10.6. The molecule has 0 bridgehead atoms. The van der Waals surface area contributed by atoms with Gasteiger partial charge in [-0.2, -0.15) is 0 Å². The molecule has 0 aromatic heterocycles. The third-order valence-corrected chi connectivity index (χ3v) is 4.77. The molecule has 0 spiro atoms. The number of likely N-dealkylation sites (N-methyl/N-ethyl adjacent to an activating group) is 1. The van der Waals surface area contributed by atoms with Crippen molar-refractivity contribution in [2.75, 3.05) is 33.8 Å². The smallest absolute Gasteiger partial charge is 0.109 e. The zero-order chi connectivity index (χ0) is 15.7. The number of aliphatic hydroxyl groups excluding tert-OH is 2. The van der Waals surface area contributed by atoms with Gasteiger partial charge in [0, 0.05) is 19.6 Å². The SMILES string of the molecule is CN(C)C[C@H]1O[C@@H](CO)[C@@H](O)[C@H]1N1CCc2ccccc2C1. The van der Waals surface area contributed by atoms with E-state index < -0.39 is 12.2 Å². The number of hydrogen-bond donors (Lipinski definition) is 2.